The third-order valence-corrected chi connectivity index (χ3v) is 2.68. The van der Waals surface area contributed by atoms with Gasteiger partial charge in [0.2, 0.25) is 0 Å². The van der Waals surface area contributed by atoms with Gasteiger partial charge in [-0.15, -0.1) is 0 Å². The van der Waals surface area contributed by atoms with Gasteiger partial charge in [0.15, 0.2) is 0 Å². The summed E-state index contributed by atoms with van der Waals surface area (Å²) in [5.41, 5.74) is 2.29. The van der Waals surface area contributed by atoms with Gasteiger partial charge in [-0.25, -0.2) is 0 Å². The summed E-state index contributed by atoms with van der Waals surface area (Å²) < 4.78 is 0. The van der Waals surface area contributed by atoms with Crippen molar-refractivity contribution >= 4 is 17.0 Å². The number of aromatic nitrogens is 1. The van der Waals surface area contributed by atoms with Crippen LogP contribution in [-0.4, -0.2) is 30.5 Å². The lowest BCUT2D eigenvalue weighted by Gasteiger charge is -2.05. The fourth-order valence-electron chi connectivity index (χ4n) is 1.75. The lowest BCUT2D eigenvalue weighted by Crippen LogP contribution is -2.11. The maximum atomic E-state index is 4.31. The van der Waals surface area contributed by atoms with Gasteiger partial charge in [-0.1, -0.05) is 24.3 Å². The van der Waals surface area contributed by atoms with E-state index in [0.717, 1.165) is 18.5 Å². The van der Waals surface area contributed by atoms with Crippen molar-refractivity contribution in [3.63, 3.8) is 0 Å². The van der Waals surface area contributed by atoms with Gasteiger partial charge in [0.25, 0.3) is 0 Å². The minimum Gasteiger partial charge on any atom is -0.309 e. The van der Waals surface area contributed by atoms with Gasteiger partial charge in [-0.3, -0.25) is 4.98 Å². The van der Waals surface area contributed by atoms with E-state index in [1.807, 2.05) is 12.3 Å². The Morgan fingerprint density at radius 1 is 1.24 bits per heavy atom. The Morgan fingerprint density at radius 3 is 2.94 bits per heavy atom. The summed E-state index contributed by atoms with van der Waals surface area (Å²) in [6, 6.07) is 10.4. The standard InChI is InChI=1S/C15H18N2/c1-17(2)11-4-3-6-13-8-9-15-14(12-13)7-5-10-16-15/h3,5-10,12H,4,11H2,1-2H3/b6-3-. The van der Waals surface area contributed by atoms with E-state index in [0.29, 0.717) is 0 Å². The molecule has 0 unspecified atom stereocenters. The maximum absolute atomic E-state index is 4.31. The van der Waals surface area contributed by atoms with Crippen LogP contribution in [0.15, 0.2) is 42.6 Å². The summed E-state index contributed by atoms with van der Waals surface area (Å²) >= 11 is 0. The molecule has 2 aromatic rings. The van der Waals surface area contributed by atoms with Gasteiger partial charge in [0.1, 0.15) is 0 Å². The molecule has 17 heavy (non-hydrogen) atoms. The minimum atomic E-state index is 1.05. The number of hydrogen-bond acceptors (Lipinski definition) is 2. The number of nitrogens with zero attached hydrogens (tertiary/aromatic N) is 2. The molecule has 2 rings (SSSR count). The molecule has 0 spiro atoms. The molecule has 0 radical (unpaired) electrons. The van der Waals surface area contributed by atoms with E-state index in [1.165, 1.54) is 10.9 Å². The van der Waals surface area contributed by atoms with Gasteiger partial charge in [0, 0.05) is 18.1 Å². The predicted octanol–water partition coefficient (Wildman–Crippen LogP) is 3.20. The second-order valence-corrected chi connectivity index (χ2v) is 4.45. The first kappa shape index (κ1) is 11.8. The molecule has 0 N–H and O–H groups in total. The Kier molecular flexibility index (Phi) is 3.89. The molecule has 1 heterocycles. The van der Waals surface area contributed by atoms with Crippen molar-refractivity contribution in [1.29, 1.82) is 0 Å². The molecule has 0 bridgehead atoms. The lowest BCUT2D eigenvalue weighted by molar-refractivity contribution is 0.417. The van der Waals surface area contributed by atoms with Crippen LogP contribution in [0.25, 0.3) is 17.0 Å². The Balaban J connectivity index is 2.09. The molecule has 0 saturated carbocycles. The molecular formula is C15H18N2. The lowest BCUT2D eigenvalue weighted by atomic mass is 10.1. The normalized spacial score (nSPS) is 11.7. The fraction of sp³-hybridized carbons (Fsp3) is 0.267. The smallest absolute Gasteiger partial charge is 0.0702 e. The zero-order chi connectivity index (χ0) is 12.1. The van der Waals surface area contributed by atoms with E-state index >= 15 is 0 Å². The van der Waals surface area contributed by atoms with Gasteiger partial charge in [-0.05, 0) is 44.3 Å². The monoisotopic (exact) mass is 226 g/mol. The Hall–Kier alpha value is -1.67. The molecule has 88 valence electrons. The van der Waals surface area contributed by atoms with Crippen LogP contribution in [0.2, 0.25) is 0 Å². The Bertz CT molecular complexity index is 515. The largest absolute Gasteiger partial charge is 0.309 e. The van der Waals surface area contributed by atoms with E-state index < -0.39 is 0 Å². The summed E-state index contributed by atoms with van der Waals surface area (Å²) in [4.78, 5) is 6.50. The van der Waals surface area contributed by atoms with E-state index in [-0.39, 0.29) is 0 Å². The second-order valence-electron chi connectivity index (χ2n) is 4.45. The van der Waals surface area contributed by atoms with Crippen LogP contribution in [-0.2, 0) is 0 Å². The maximum Gasteiger partial charge on any atom is 0.0702 e. The molecule has 0 aliphatic rings. The summed E-state index contributed by atoms with van der Waals surface area (Å²) in [6.07, 6.45) is 7.31. The molecule has 0 aliphatic carbocycles. The summed E-state index contributed by atoms with van der Waals surface area (Å²) in [7, 11) is 4.19. The van der Waals surface area contributed by atoms with Gasteiger partial charge >= 0.3 is 0 Å². The number of hydrogen-bond donors (Lipinski definition) is 0. The third-order valence-electron chi connectivity index (χ3n) is 2.68. The molecule has 0 aliphatic heterocycles. The van der Waals surface area contributed by atoms with Crippen molar-refractivity contribution in [2.45, 2.75) is 6.42 Å². The van der Waals surface area contributed by atoms with Crippen LogP contribution < -0.4 is 0 Å². The van der Waals surface area contributed by atoms with Crippen LogP contribution >= 0.6 is 0 Å². The summed E-state index contributed by atoms with van der Waals surface area (Å²) in [5.74, 6) is 0. The Morgan fingerprint density at radius 2 is 2.12 bits per heavy atom. The predicted molar refractivity (Wildman–Crippen MR) is 73.9 cm³/mol. The van der Waals surface area contributed by atoms with Crippen LogP contribution in [0.5, 0.6) is 0 Å². The molecule has 0 fully saturated rings. The average Bonchev–Trinajstić information content (AvgIpc) is 2.34. The molecule has 2 heteroatoms. The number of pyridine rings is 1. The quantitative estimate of drug-likeness (QED) is 0.796. The van der Waals surface area contributed by atoms with Crippen molar-refractivity contribution in [2.24, 2.45) is 0 Å². The first-order valence-electron chi connectivity index (χ1n) is 5.92. The first-order chi connectivity index (χ1) is 8.25. The summed E-state index contributed by atoms with van der Waals surface area (Å²) in [5, 5.41) is 1.20. The third kappa shape index (κ3) is 3.40. The number of fused-ring (bicyclic) bond motifs is 1. The van der Waals surface area contributed by atoms with Gasteiger partial charge < -0.3 is 4.90 Å². The summed E-state index contributed by atoms with van der Waals surface area (Å²) in [6.45, 7) is 1.09. The number of benzene rings is 1. The minimum absolute atomic E-state index is 1.05. The van der Waals surface area contributed by atoms with Gasteiger partial charge in [0.05, 0.1) is 5.52 Å². The molecule has 0 saturated heterocycles. The SMILES string of the molecule is CN(C)CC/C=C\c1ccc2ncccc2c1. The first-order valence-corrected chi connectivity index (χ1v) is 5.92. The van der Waals surface area contributed by atoms with Crippen LogP contribution in [0, 0.1) is 0 Å². The van der Waals surface area contributed by atoms with Crippen LogP contribution in [0.1, 0.15) is 12.0 Å². The second kappa shape index (κ2) is 5.60. The van der Waals surface area contributed by atoms with E-state index in [9.17, 15) is 0 Å². The topological polar surface area (TPSA) is 16.1 Å². The van der Waals surface area contributed by atoms with Crippen LogP contribution in [0.3, 0.4) is 0 Å². The van der Waals surface area contributed by atoms with Crippen molar-refractivity contribution < 1.29 is 0 Å². The highest BCUT2D eigenvalue weighted by Crippen LogP contribution is 2.14. The number of rotatable bonds is 4. The van der Waals surface area contributed by atoms with Crippen molar-refractivity contribution in [2.75, 3.05) is 20.6 Å². The highest BCUT2D eigenvalue weighted by Gasteiger charge is 1.93. The molecule has 1 aromatic carbocycles. The van der Waals surface area contributed by atoms with Crippen molar-refractivity contribution in [1.82, 2.24) is 9.88 Å². The highest BCUT2D eigenvalue weighted by molar-refractivity contribution is 5.80. The van der Waals surface area contributed by atoms with E-state index in [4.69, 9.17) is 0 Å². The molecule has 0 amide bonds. The van der Waals surface area contributed by atoms with Crippen LogP contribution in [0.4, 0.5) is 0 Å². The molecule has 1 aromatic heterocycles. The molecule has 2 nitrogen and oxygen atoms in total. The highest BCUT2D eigenvalue weighted by atomic mass is 15.0. The Labute approximate surface area is 103 Å². The molecular weight excluding hydrogens is 208 g/mol. The van der Waals surface area contributed by atoms with Crippen molar-refractivity contribution in [3.05, 3.63) is 48.2 Å². The molecule has 0 atom stereocenters. The van der Waals surface area contributed by atoms with E-state index in [2.05, 4.69) is 60.4 Å². The zero-order valence-corrected chi connectivity index (χ0v) is 10.4. The average molecular weight is 226 g/mol. The van der Waals surface area contributed by atoms with E-state index in [1.54, 1.807) is 0 Å². The fourth-order valence-corrected chi connectivity index (χ4v) is 1.75. The van der Waals surface area contributed by atoms with Crippen molar-refractivity contribution in [3.8, 4) is 0 Å². The van der Waals surface area contributed by atoms with Gasteiger partial charge in [-0.2, -0.15) is 0 Å². The zero-order valence-electron chi connectivity index (χ0n) is 10.4.